The van der Waals surface area contributed by atoms with Gasteiger partial charge < -0.3 is 10.4 Å². The Morgan fingerprint density at radius 1 is 1.57 bits per heavy atom. The molecule has 1 fully saturated rings. The van der Waals surface area contributed by atoms with E-state index in [2.05, 4.69) is 5.32 Å². The van der Waals surface area contributed by atoms with Gasteiger partial charge in [-0.15, -0.1) is 0 Å². The van der Waals surface area contributed by atoms with E-state index in [4.69, 9.17) is 5.11 Å². The largest absolute Gasteiger partial charge is 0.465 e. The number of carboxylic acid groups (broad SMARTS) is 1. The minimum atomic E-state index is -1.03. The lowest BCUT2D eigenvalue weighted by atomic mass is 9.84. The molecule has 5 heteroatoms. The molecule has 1 aliphatic heterocycles. The molecule has 0 aromatic rings. The Balaban J connectivity index is 2.93. The van der Waals surface area contributed by atoms with Crippen molar-refractivity contribution in [2.75, 3.05) is 13.1 Å². The van der Waals surface area contributed by atoms with E-state index >= 15 is 0 Å². The van der Waals surface area contributed by atoms with Crippen LogP contribution in [0, 0.1) is 5.41 Å². The molecule has 14 heavy (non-hydrogen) atoms. The van der Waals surface area contributed by atoms with Crippen LogP contribution in [-0.2, 0) is 4.79 Å². The van der Waals surface area contributed by atoms with Crippen LogP contribution in [0.1, 0.15) is 20.8 Å². The van der Waals surface area contributed by atoms with Crippen molar-refractivity contribution in [2.24, 2.45) is 5.41 Å². The normalized spacial score (nSPS) is 23.2. The van der Waals surface area contributed by atoms with Crippen molar-refractivity contribution in [1.29, 1.82) is 0 Å². The van der Waals surface area contributed by atoms with Crippen LogP contribution in [0.15, 0.2) is 0 Å². The zero-order valence-corrected chi connectivity index (χ0v) is 8.70. The Kier molecular flexibility index (Phi) is 2.69. The first-order chi connectivity index (χ1) is 6.34. The van der Waals surface area contributed by atoms with Gasteiger partial charge in [0.25, 0.3) is 0 Å². The highest BCUT2D eigenvalue weighted by atomic mass is 16.4. The van der Waals surface area contributed by atoms with Gasteiger partial charge in [0.2, 0.25) is 5.91 Å². The summed E-state index contributed by atoms with van der Waals surface area (Å²) in [5.74, 6) is -0.203. The maximum atomic E-state index is 11.5. The summed E-state index contributed by atoms with van der Waals surface area (Å²) in [4.78, 5) is 23.6. The highest BCUT2D eigenvalue weighted by Gasteiger charge is 2.41. The number of amides is 2. The van der Waals surface area contributed by atoms with Crippen molar-refractivity contribution < 1.29 is 14.7 Å². The van der Waals surface area contributed by atoms with Crippen molar-refractivity contribution in [3.63, 3.8) is 0 Å². The van der Waals surface area contributed by atoms with Crippen LogP contribution in [-0.4, -0.2) is 41.1 Å². The zero-order valence-electron chi connectivity index (χ0n) is 8.70. The molecule has 80 valence electrons. The SMILES string of the molecule is CC(C)(C)C1C(=O)NCCN1C(=O)O. The first-order valence-corrected chi connectivity index (χ1v) is 4.61. The smallest absolute Gasteiger partial charge is 0.408 e. The second-order valence-corrected chi connectivity index (χ2v) is 4.54. The van der Waals surface area contributed by atoms with Crippen LogP contribution in [0.3, 0.4) is 0 Å². The molecule has 2 N–H and O–H groups in total. The van der Waals surface area contributed by atoms with Gasteiger partial charge in [0.1, 0.15) is 6.04 Å². The maximum absolute atomic E-state index is 11.5. The number of hydrogen-bond donors (Lipinski definition) is 2. The quantitative estimate of drug-likeness (QED) is 0.598. The fraction of sp³-hybridized carbons (Fsp3) is 0.778. The first-order valence-electron chi connectivity index (χ1n) is 4.61. The molecule has 0 aromatic heterocycles. The topological polar surface area (TPSA) is 69.6 Å². The molecule has 1 heterocycles. The van der Waals surface area contributed by atoms with Crippen LogP contribution in [0.5, 0.6) is 0 Å². The molecule has 1 atom stereocenters. The average molecular weight is 200 g/mol. The summed E-state index contributed by atoms with van der Waals surface area (Å²) in [6, 6.07) is -0.589. The fourth-order valence-electron chi connectivity index (χ4n) is 1.73. The van der Waals surface area contributed by atoms with Gasteiger partial charge in [0, 0.05) is 13.1 Å². The van der Waals surface area contributed by atoms with Crippen molar-refractivity contribution >= 4 is 12.0 Å². The van der Waals surface area contributed by atoms with Crippen LogP contribution >= 0.6 is 0 Å². The lowest BCUT2D eigenvalue weighted by Crippen LogP contribution is -2.61. The number of nitrogens with one attached hydrogen (secondary N) is 1. The predicted molar refractivity (Wildman–Crippen MR) is 51.0 cm³/mol. The zero-order chi connectivity index (χ0) is 10.9. The molecular formula is C9H16N2O3. The van der Waals surface area contributed by atoms with E-state index in [0.717, 1.165) is 0 Å². The fourth-order valence-corrected chi connectivity index (χ4v) is 1.73. The number of nitrogens with zero attached hydrogens (tertiary/aromatic N) is 1. The molecular weight excluding hydrogens is 184 g/mol. The molecule has 0 bridgehead atoms. The lowest BCUT2D eigenvalue weighted by molar-refractivity contribution is -0.132. The molecule has 2 amide bonds. The summed E-state index contributed by atoms with van der Waals surface area (Å²) in [6.45, 7) is 6.34. The van der Waals surface area contributed by atoms with Gasteiger partial charge in [-0.05, 0) is 5.41 Å². The summed E-state index contributed by atoms with van der Waals surface area (Å²) in [5, 5.41) is 11.6. The van der Waals surface area contributed by atoms with E-state index < -0.39 is 12.1 Å². The van der Waals surface area contributed by atoms with E-state index in [1.165, 1.54) is 4.90 Å². The van der Waals surface area contributed by atoms with Crippen LogP contribution in [0.2, 0.25) is 0 Å². The third-order valence-electron chi connectivity index (χ3n) is 2.28. The molecule has 1 rings (SSSR count). The van der Waals surface area contributed by atoms with E-state index in [-0.39, 0.29) is 11.3 Å². The van der Waals surface area contributed by atoms with Crippen molar-refractivity contribution in [2.45, 2.75) is 26.8 Å². The second-order valence-electron chi connectivity index (χ2n) is 4.54. The van der Waals surface area contributed by atoms with Crippen LogP contribution in [0.4, 0.5) is 4.79 Å². The number of carbonyl (C=O) groups excluding carboxylic acids is 1. The van der Waals surface area contributed by atoms with Gasteiger partial charge in [-0.1, -0.05) is 20.8 Å². The van der Waals surface area contributed by atoms with Crippen molar-refractivity contribution in [3.05, 3.63) is 0 Å². The molecule has 1 aliphatic rings. The van der Waals surface area contributed by atoms with Crippen molar-refractivity contribution in [1.82, 2.24) is 10.2 Å². The highest BCUT2D eigenvalue weighted by molar-refractivity contribution is 5.87. The highest BCUT2D eigenvalue weighted by Crippen LogP contribution is 2.26. The summed E-state index contributed by atoms with van der Waals surface area (Å²) in [7, 11) is 0. The minimum absolute atomic E-state index is 0.203. The molecule has 0 radical (unpaired) electrons. The molecule has 0 saturated carbocycles. The monoisotopic (exact) mass is 200 g/mol. The number of carbonyl (C=O) groups is 2. The molecule has 0 aliphatic carbocycles. The average Bonchev–Trinajstić information content (AvgIpc) is 2.01. The van der Waals surface area contributed by atoms with Crippen molar-refractivity contribution in [3.8, 4) is 0 Å². The molecule has 5 nitrogen and oxygen atoms in total. The summed E-state index contributed by atoms with van der Waals surface area (Å²) in [5.41, 5.74) is -0.372. The van der Waals surface area contributed by atoms with E-state index in [9.17, 15) is 9.59 Å². The van der Waals surface area contributed by atoms with Crippen LogP contribution < -0.4 is 5.32 Å². The Labute approximate surface area is 83.1 Å². The van der Waals surface area contributed by atoms with Crippen LogP contribution in [0.25, 0.3) is 0 Å². The second kappa shape index (κ2) is 3.48. The Bertz CT molecular complexity index is 257. The molecule has 0 spiro atoms. The molecule has 0 aromatic carbocycles. The minimum Gasteiger partial charge on any atom is -0.465 e. The number of rotatable bonds is 0. The van der Waals surface area contributed by atoms with Gasteiger partial charge in [-0.3, -0.25) is 9.69 Å². The lowest BCUT2D eigenvalue weighted by Gasteiger charge is -2.40. The maximum Gasteiger partial charge on any atom is 0.408 e. The predicted octanol–water partition coefficient (Wildman–Crippen LogP) is 0.511. The Morgan fingerprint density at radius 3 is 2.50 bits per heavy atom. The summed E-state index contributed by atoms with van der Waals surface area (Å²) in [6.07, 6.45) is -1.03. The Hall–Kier alpha value is -1.26. The Morgan fingerprint density at radius 2 is 2.14 bits per heavy atom. The standard InChI is InChI=1S/C9H16N2O3/c1-9(2,3)6-7(12)10-4-5-11(6)8(13)14/h6H,4-5H2,1-3H3,(H,10,12)(H,13,14). The third kappa shape index (κ3) is 1.97. The summed E-state index contributed by atoms with van der Waals surface area (Å²) < 4.78 is 0. The van der Waals surface area contributed by atoms with Gasteiger partial charge in [0.15, 0.2) is 0 Å². The van der Waals surface area contributed by atoms with Gasteiger partial charge in [-0.25, -0.2) is 4.79 Å². The third-order valence-corrected chi connectivity index (χ3v) is 2.28. The van der Waals surface area contributed by atoms with E-state index in [0.29, 0.717) is 13.1 Å². The molecule has 1 unspecified atom stereocenters. The first kappa shape index (κ1) is 10.8. The number of hydrogen-bond acceptors (Lipinski definition) is 2. The molecule has 1 saturated heterocycles. The van der Waals surface area contributed by atoms with E-state index in [1.807, 2.05) is 20.8 Å². The van der Waals surface area contributed by atoms with Gasteiger partial charge in [-0.2, -0.15) is 0 Å². The van der Waals surface area contributed by atoms with E-state index in [1.54, 1.807) is 0 Å². The van der Waals surface area contributed by atoms with Gasteiger partial charge >= 0.3 is 6.09 Å². The van der Waals surface area contributed by atoms with Gasteiger partial charge in [0.05, 0.1) is 0 Å². The summed E-state index contributed by atoms with van der Waals surface area (Å²) >= 11 is 0. The number of piperazine rings is 1.